The molecule has 0 spiro atoms. The number of aliphatic hydroxyl groups excluding tert-OH is 1. The SMILES string of the molecule is O=c1ccn([C@@H]2O[C@H](CI)[C@H](O)[C@H]2F)c(=O)[nH]1. The summed E-state index contributed by atoms with van der Waals surface area (Å²) in [6.07, 6.45) is -3.67. The molecule has 0 saturated carbocycles. The Morgan fingerprint density at radius 3 is 2.82 bits per heavy atom. The third-order valence-corrected chi connectivity index (χ3v) is 3.44. The highest BCUT2D eigenvalue weighted by Gasteiger charge is 2.44. The number of aromatic nitrogens is 2. The number of hydrogen-bond donors (Lipinski definition) is 2. The molecule has 2 heterocycles. The highest BCUT2D eigenvalue weighted by atomic mass is 127. The first-order valence-corrected chi connectivity index (χ1v) is 6.42. The molecule has 1 aliphatic heterocycles. The summed E-state index contributed by atoms with van der Waals surface area (Å²) in [4.78, 5) is 24.3. The summed E-state index contributed by atoms with van der Waals surface area (Å²) in [5.74, 6) is 0. The van der Waals surface area contributed by atoms with Crippen LogP contribution in [0.4, 0.5) is 4.39 Å². The average Bonchev–Trinajstić information content (AvgIpc) is 2.57. The van der Waals surface area contributed by atoms with Crippen molar-refractivity contribution in [1.82, 2.24) is 9.55 Å². The number of alkyl halides is 2. The van der Waals surface area contributed by atoms with Crippen molar-refractivity contribution in [3.63, 3.8) is 0 Å². The number of hydrogen-bond acceptors (Lipinski definition) is 4. The van der Waals surface area contributed by atoms with E-state index >= 15 is 0 Å². The van der Waals surface area contributed by atoms with Crippen molar-refractivity contribution in [3.8, 4) is 0 Å². The number of ether oxygens (including phenoxy) is 1. The zero-order valence-electron chi connectivity index (χ0n) is 8.55. The fourth-order valence-corrected chi connectivity index (χ4v) is 2.41. The van der Waals surface area contributed by atoms with Crippen molar-refractivity contribution < 1.29 is 14.2 Å². The minimum absolute atomic E-state index is 0.411. The Labute approximate surface area is 109 Å². The maximum atomic E-state index is 13.8. The van der Waals surface area contributed by atoms with Gasteiger partial charge in [-0.2, -0.15) is 0 Å². The molecule has 0 aromatic carbocycles. The smallest absolute Gasteiger partial charge is 0.330 e. The van der Waals surface area contributed by atoms with Crippen LogP contribution in [0.5, 0.6) is 0 Å². The van der Waals surface area contributed by atoms with E-state index in [2.05, 4.69) is 0 Å². The van der Waals surface area contributed by atoms with E-state index in [9.17, 15) is 19.1 Å². The monoisotopic (exact) mass is 356 g/mol. The summed E-state index contributed by atoms with van der Waals surface area (Å²) in [5.41, 5.74) is -1.32. The van der Waals surface area contributed by atoms with Gasteiger partial charge in [-0.05, 0) is 0 Å². The molecule has 0 bridgehead atoms. The summed E-state index contributed by atoms with van der Waals surface area (Å²) in [5, 5.41) is 9.54. The number of aromatic amines is 1. The van der Waals surface area contributed by atoms with E-state index in [1.165, 1.54) is 0 Å². The van der Waals surface area contributed by atoms with Crippen LogP contribution in [0.25, 0.3) is 0 Å². The van der Waals surface area contributed by atoms with Crippen LogP contribution < -0.4 is 11.2 Å². The number of H-pyrrole nitrogens is 1. The number of halogens is 2. The van der Waals surface area contributed by atoms with Crippen molar-refractivity contribution in [3.05, 3.63) is 33.1 Å². The lowest BCUT2D eigenvalue weighted by molar-refractivity contribution is -0.0153. The lowest BCUT2D eigenvalue weighted by Gasteiger charge is -2.15. The molecule has 17 heavy (non-hydrogen) atoms. The molecule has 6 nitrogen and oxygen atoms in total. The molecule has 0 amide bonds. The van der Waals surface area contributed by atoms with Gasteiger partial charge in [0.15, 0.2) is 12.4 Å². The maximum absolute atomic E-state index is 13.8. The molecule has 1 aliphatic rings. The van der Waals surface area contributed by atoms with Gasteiger partial charge in [0.1, 0.15) is 6.10 Å². The zero-order chi connectivity index (χ0) is 12.6. The lowest BCUT2D eigenvalue weighted by atomic mass is 10.2. The lowest BCUT2D eigenvalue weighted by Crippen LogP contribution is -2.35. The van der Waals surface area contributed by atoms with Gasteiger partial charge in [0.05, 0.1) is 6.10 Å². The minimum atomic E-state index is -1.70. The van der Waals surface area contributed by atoms with Gasteiger partial charge in [0.25, 0.3) is 5.56 Å². The van der Waals surface area contributed by atoms with Crippen LogP contribution in [0.1, 0.15) is 6.23 Å². The Kier molecular flexibility index (Phi) is 3.64. The van der Waals surface area contributed by atoms with E-state index in [0.29, 0.717) is 4.43 Å². The highest BCUT2D eigenvalue weighted by molar-refractivity contribution is 14.1. The Bertz CT molecular complexity index is 516. The molecule has 1 saturated heterocycles. The number of nitrogens with zero attached hydrogens (tertiary/aromatic N) is 1. The number of nitrogens with one attached hydrogen (secondary N) is 1. The standard InChI is InChI=1S/C9H10FIN2O4/c10-6-7(15)4(3-11)17-8(6)13-2-1-5(14)12-9(13)16/h1-2,4,6-8,15H,3H2,(H,12,14,16)/t4-,6-,7+,8-/m1/s1. The summed E-state index contributed by atoms with van der Waals surface area (Å²) in [6, 6.07) is 1.10. The fraction of sp³-hybridized carbons (Fsp3) is 0.556. The number of aliphatic hydroxyl groups is 1. The van der Waals surface area contributed by atoms with Crippen LogP contribution in [0.3, 0.4) is 0 Å². The molecule has 0 radical (unpaired) electrons. The predicted octanol–water partition coefficient (Wildman–Crippen LogP) is -0.432. The van der Waals surface area contributed by atoms with Crippen molar-refractivity contribution in [2.75, 3.05) is 4.43 Å². The molecule has 2 N–H and O–H groups in total. The number of rotatable bonds is 2. The van der Waals surface area contributed by atoms with Gasteiger partial charge < -0.3 is 9.84 Å². The van der Waals surface area contributed by atoms with Gasteiger partial charge in [-0.1, -0.05) is 22.6 Å². The first-order chi connectivity index (χ1) is 8.04. The fourth-order valence-electron chi connectivity index (χ4n) is 1.68. The molecule has 2 rings (SSSR count). The average molecular weight is 356 g/mol. The van der Waals surface area contributed by atoms with Crippen molar-refractivity contribution in [2.45, 2.75) is 24.6 Å². The minimum Gasteiger partial charge on any atom is -0.387 e. The Morgan fingerprint density at radius 1 is 1.59 bits per heavy atom. The summed E-state index contributed by atoms with van der Waals surface area (Å²) >= 11 is 1.96. The molecule has 0 aliphatic carbocycles. The molecule has 94 valence electrons. The first kappa shape index (κ1) is 12.7. The topological polar surface area (TPSA) is 84.3 Å². The zero-order valence-corrected chi connectivity index (χ0v) is 10.7. The van der Waals surface area contributed by atoms with Gasteiger partial charge in [-0.15, -0.1) is 0 Å². The molecule has 0 unspecified atom stereocenters. The largest absolute Gasteiger partial charge is 0.387 e. The quantitative estimate of drug-likeness (QED) is 0.556. The second kappa shape index (κ2) is 4.86. The Morgan fingerprint density at radius 2 is 2.29 bits per heavy atom. The molecule has 8 heteroatoms. The molecule has 1 aromatic rings. The van der Waals surface area contributed by atoms with Gasteiger partial charge >= 0.3 is 5.69 Å². The van der Waals surface area contributed by atoms with Crippen molar-refractivity contribution in [1.29, 1.82) is 0 Å². The van der Waals surface area contributed by atoms with Crippen LogP contribution in [0, 0.1) is 0 Å². The van der Waals surface area contributed by atoms with Gasteiger partial charge in [-0.3, -0.25) is 14.3 Å². The van der Waals surface area contributed by atoms with Crippen LogP contribution in [-0.4, -0.2) is 37.5 Å². The normalized spacial score (nSPS) is 32.9. The van der Waals surface area contributed by atoms with E-state index in [0.717, 1.165) is 16.8 Å². The molecular weight excluding hydrogens is 346 g/mol. The Hall–Kier alpha value is -0.740. The van der Waals surface area contributed by atoms with E-state index < -0.39 is 35.9 Å². The molecule has 4 atom stereocenters. The molecular formula is C9H10FIN2O4. The van der Waals surface area contributed by atoms with Crippen LogP contribution >= 0.6 is 22.6 Å². The second-order valence-electron chi connectivity index (χ2n) is 3.67. The third kappa shape index (κ3) is 2.29. The maximum Gasteiger partial charge on any atom is 0.330 e. The summed E-state index contributed by atoms with van der Waals surface area (Å²) in [7, 11) is 0. The van der Waals surface area contributed by atoms with Crippen LogP contribution in [0.2, 0.25) is 0 Å². The first-order valence-electron chi connectivity index (χ1n) is 4.89. The van der Waals surface area contributed by atoms with E-state index in [1.54, 1.807) is 0 Å². The molecule has 1 fully saturated rings. The van der Waals surface area contributed by atoms with Gasteiger partial charge in [-0.25, -0.2) is 9.18 Å². The highest BCUT2D eigenvalue weighted by Crippen LogP contribution is 2.31. The van der Waals surface area contributed by atoms with Crippen molar-refractivity contribution >= 4 is 22.6 Å². The van der Waals surface area contributed by atoms with E-state index in [1.807, 2.05) is 27.6 Å². The summed E-state index contributed by atoms with van der Waals surface area (Å²) in [6.45, 7) is 0. The van der Waals surface area contributed by atoms with E-state index in [-0.39, 0.29) is 0 Å². The van der Waals surface area contributed by atoms with Crippen LogP contribution in [-0.2, 0) is 4.74 Å². The third-order valence-electron chi connectivity index (χ3n) is 2.57. The molecule has 1 aromatic heterocycles. The Balaban J connectivity index is 2.35. The van der Waals surface area contributed by atoms with Gasteiger partial charge in [0.2, 0.25) is 0 Å². The van der Waals surface area contributed by atoms with Crippen LogP contribution in [0.15, 0.2) is 21.9 Å². The second-order valence-corrected chi connectivity index (χ2v) is 4.55. The summed E-state index contributed by atoms with van der Waals surface area (Å²) < 4.78 is 20.3. The van der Waals surface area contributed by atoms with E-state index in [4.69, 9.17) is 4.74 Å². The van der Waals surface area contributed by atoms with Gasteiger partial charge in [0, 0.05) is 16.7 Å². The van der Waals surface area contributed by atoms with Crippen molar-refractivity contribution in [2.24, 2.45) is 0 Å². The predicted molar refractivity (Wildman–Crippen MR) is 65.0 cm³/mol.